The number of nitrogens with zero attached hydrogens (tertiary/aromatic N) is 5. The lowest BCUT2D eigenvalue weighted by atomic mass is 10.1. The second-order valence-electron chi connectivity index (χ2n) is 5.42. The highest BCUT2D eigenvalue weighted by molar-refractivity contribution is 6.32. The number of hydrogen-bond acceptors (Lipinski definition) is 7. The Morgan fingerprint density at radius 3 is 2.67 bits per heavy atom. The number of anilines is 2. The Bertz CT molecular complexity index is 949. The Morgan fingerprint density at radius 2 is 2.00 bits per heavy atom. The summed E-state index contributed by atoms with van der Waals surface area (Å²) in [5.74, 6) is 0.254. The monoisotopic (exact) mass is 389 g/mol. The van der Waals surface area contributed by atoms with Crippen molar-refractivity contribution in [2.45, 2.75) is 13.0 Å². The number of ether oxygens (including phenoxy) is 1. The van der Waals surface area contributed by atoms with Gasteiger partial charge in [0.05, 0.1) is 53.5 Å². The molecule has 0 bridgehead atoms. The smallest absolute Gasteiger partial charge is 0.323 e. The van der Waals surface area contributed by atoms with Gasteiger partial charge in [0, 0.05) is 12.7 Å². The van der Waals surface area contributed by atoms with E-state index in [1.54, 1.807) is 6.92 Å². The van der Waals surface area contributed by atoms with Crippen LogP contribution >= 0.6 is 11.6 Å². The Hall–Kier alpha value is -3.24. The number of aromatic hydroxyl groups is 1. The quantitative estimate of drug-likeness (QED) is 0.612. The van der Waals surface area contributed by atoms with E-state index in [-0.39, 0.29) is 10.8 Å². The van der Waals surface area contributed by atoms with Crippen LogP contribution in [0.3, 0.4) is 0 Å². The van der Waals surface area contributed by atoms with Crippen LogP contribution in [0.4, 0.5) is 16.2 Å². The molecule has 3 N–H and O–H groups in total. The van der Waals surface area contributed by atoms with Crippen LogP contribution in [-0.2, 0) is 4.74 Å². The number of carbonyl (C=O) groups excluding carboxylic acids is 1. The molecule has 0 aliphatic rings. The number of aromatic nitrogens is 5. The molecule has 0 radical (unpaired) electrons. The summed E-state index contributed by atoms with van der Waals surface area (Å²) in [6, 6.07) is 0.960. The van der Waals surface area contributed by atoms with Gasteiger partial charge in [-0.15, -0.1) is 4.80 Å². The molecule has 3 aromatic rings. The first-order valence-corrected chi connectivity index (χ1v) is 8.17. The molecule has 0 spiro atoms. The van der Waals surface area contributed by atoms with Gasteiger partial charge in [-0.3, -0.25) is 4.98 Å². The summed E-state index contributed by atoms with van der Waals surface area (Å²) in [5.41, 5.74) is 1.10. The Balaban J connectivity index is 1.75. The first-order valence-electron chi connectivity index (χ1n) is 7.79. The lowest BCUT2D eigenvalue weighted by Gasteiger charge is -2.17. The maximum atomic E-state index is 12.3. The van der Waals surface area contributed by atoms with E-state index in [9.17, 15) is 9.90 Å². The first kappa shape index (κ1) is 18.5. The number of amides is 2. The van der Waals surface area contributed by atoms with Crippen molar-refractivity contribution in [2.75, 3.05) is 17.7 Å². The van der Waals surface area contributed by atoms with Gasteiger partial charge in [-0.05, 0) is 13.0 Å². The minimum Gasteiger partial charge on any atom is -0.506 e. The zero-order chi connectivity index (χ0) is 19.4. The van der Waals surface area contributed by atoms with E-state index in [4.69, 9.17) is 16.3 Å². The number of pyridine rings is 2. The van der Waals surface area contributed by atoms with E-state index < -0.39 is 12.1 Å². The first-order chi connectivity index (χ1) is 13.0. The number of hydrogen-bond donors (Lipinski definition) is 3. The van der Waals surface area contributed by atoms with E-state index in [0.29, 0.717) is 22.8 Å². The highest BCUT2D eigenvalue weighted by Crippen LogP contribution is 2.32. The van der Waals surface area contributed by atoms with Gasteiger partial charge in [0.25, 0.3) is 0 Å². The molecule has 11 heteroatoms. The molecule has 0 aromatic carbocycles. The minimum absolute atomic E-state index is 0.0806. The third-order valence-electron chi connectivity index (χ3n) is 3.66. The van der Waals surface area contributed by atoms with Crippen LogP contribution in [0.1, 0.15) is 18.6 Å². The van der Waals surface area contributed by atoms with E-state index in [0.717, 1.165) is 0 Å². The average Bonchev–Trinajstić information content (AvgIpc) is 3.15. The van der Waals surface area contributed by atoms with Crippen LogP contribution in [0.5, 0.6) is 5.75 Å². The van der Waals surface area contributed by atoms with Crippen LogP contribution in [-0.4, -0.2) is 43.2 Å². The standard InChI is InChI=1S/C16H16ClN7O3/c1-9(27-2)14-12(7-18-8-13(14)25)23-16(26)22-10-5-11(17)15(19-6-10)24-20-3-4-21-24/h3-9,25H,1-2H3,(H2,22,23,26). The topological polar surface area (TPSA) is 127 Å². The molecule has 0 saturated carbocycles. The fourth-order valence-electron chi connectivity index (χ4n) is 2.36. The molecule has 0 saturated heterocycles. The zero-order valence-electron chi connectivity index (χ0n) is 14.4. The van der Waals surface area contributed by atoms with Crippen LogP contribution in [0.25, 0.3) is 5.82 Å². The van der Waals surface area contributed by atoms with Crippen molar-refractivity contribution in [3.05, 3.63) is 47.6 Å². The summed E-state index contributed by atoms with van der Waals surface area (Å²) >= 11 is 6.18. The zero-order valence-corrected chi connectivity index (χ0v) is 15.2. The van der Waals surface area contributed by atoms with Gasteiger partial charge < -0.3 is 20.5 Å². The maximum Gasteiger partial charge on any atom is 0.323 e. The van der Waals surface area contributed by atoms with Crippen molar-refractivity contribution in [3.8, 4) is 11.6 Å². The molecule has 1 atom stereocenters. The van der Waals surface area contributed by atoms with E-state index in [2.05, 4.69) is 30.8 Å². The fraction of sp³-hybridized carbons (Fsp3) is 0.188. The van der Waals surface area contributed by atoms with Crippen LogP contribution in [0, 0.1) is 0 Å². The Kier molecular flexibility index (Phi) is 5.48. The SMILES string of the molecule is COC(C)c1c(O)cncc1NC(=O)Nc1cnc(-n2nccn2)c(Cl)c1. The predicted molar refractivity (Wildman–Crippen MR) is 98.1 cm³/mol. The molecule has 3 aromatic heterocycles. The van der Waals surface area contributed by atoms with E-state index in [1.807, 2.05) is 0 Å². The van der Waals surface area contributed by atoms with Crippen molar-refractivity contribution >= 4 is 29.0 Å². The summed E-state index contributed by atoms with van der Waals surface area (Å²) in [4.78, 5) is 21.6. The van der Waals surface area contributed by atoms with Gasteiger partial charge in [-0.25, -0.2) is 9.78 Å². The summed E-state index contributed by atoms with van der Waals surface area (Å²) in [5, 5.41) is 23.4. The van der Waals surface area contributed by atoms with Crippen LogP contribution in [0.2, 0.25) is 5.02 Å². The van der Waals surface area contributed by atoms with Gasteiger partial charge in [0.2, 0.25) is 0 Å². The third-order valence-corrected chi connectivity index (χ3v) is 3.94. The second kappa shape index (κ2) is 7.98. The lowest BCUT2D eigenvalue weighted by molar-refractivity contribution is 0.117. The number of methoxy groups -OCH3 is 1. The highest BCUT2D eigenvalue weighted by atomic mass is 35.5. The summed E-state index contributed by atoms with van der Waals surface area (Å²) in [6.45, 7) is 1.74. The summed E-state index contributed by atoms with van der Waals surface area (Å²) < 4.78 is 5.22. The molecule has 140 valence electrons. The maximum absolute atomic E-state index is 12.3. The number of halogens is 1. The normalized spacial score (nSPS) is 11.8. The molecule has 0 fully saturated rings. The molecule has 2 amide bonds. The lowest BCUT2D eigenvalue weighted by Crippen LogP contribution is -2.21. The van der Waals surface area contributed by atoms with Gasteiger partial charge in [0.15, 0.2) is 5.82 Å². The molecule has 10 nitrogen and oxygen atoms in total. The molecule has 0 aliphatic carbocycles. The summed E-state index contributed by atoms with van der Waals surface area (Å²) in [6.07, 6.45) is 6.67. The van der Waals surface area contributed by atoms with Crippen molar-refractivity contribution in [3.63, 3.8) is 0 Å². The van der Waals surface area contributed by atoms with Crippen molar-refractivity contribution in [2.24, 2.45) is 0 Å². The number of carbonyl (C=O) groups is 1. The number of urea groups is 1. The summed E-state index contributed by atoms with van der Waals surface area (Å²) in [7, 11) is 1.50. The molecule has 27 heavy (non-hydrogen) atoms. The van der Waals surface area contributed by atoms with Crippen molar-refractivity contribution < 1.29 is 14.6 Å². The molecule has 3 heterocycles. The van der Waals surface area contributed by atoms with Gasteiger partial charge in [0.1, 0.15) is 5.75 Å². The molecule has 0 aliphatic heterocycles. The largest absolute Gasteiger partial charge is 0.506 e. The third kappa shape index (κ3) is 4.13. The van der Waals surface area contributed by atoms with Gasteiger partial charge in [-0.1, -0.05) is 11.6 Å². The Morgan fingerprint density at radius 1 is 1.26 bits per heavy atom. The molecule has 1 unspecified atom stereocenters. The highest BCUT2D eigenvalue weighted by Gasteiger charge is 2.17. The molecule has 3 rings (SSSR count). The van der Waals surface area contributed by atoms with Crippen molar-refractivity contribution in [1.82, 2.24) is 25.0 Å². The average molecular weight is 390 g/mol. The van der Waals surface area contributed by atoms with Crippen LogP contribution < -0.4 is 10.6 Å². The number of rotatable bonds is 5. The van der Waals surface area contributed by atoms with E-state index in [1.165, 1.54) is 49.0 Å². The predicted octanol–water partition coefficient (Wildman–Crippen LogP) is 2.77. The second-order valence-corrected chi connectivity index (χ2v) is 5.83. The van der Waals surface area contributed by atoms with Gasteiger partial charge >= 0.3 is 6.03 Å². The minimum atomic E-state index is -0.560. The number of nitrogens with one attached hydrogen (secondary N) is 2. The van der Waals surface area contributed by atoms with Crippen LogP contribution in [0.15, 0.2) is 37.1 Å². The fourth-order valence-corrected chi connectivity index (χ4v) is 2.60. The molecular formula is C16H16ClN7O3. The van der Waals surface area contributed by atoms with Gasteiger partial charge in [-0.2, -0.15) is 10.2 Å². The van der Waals surface area contributed by atoms with Crippen molar-refractivity contribution in [1.29, 1.82) is 0 Å². The van der Waals surface area contributed by atoms with E-state index >= 15 is 0 Å². The molecular weight excluding hydrogens is 374 g/mol. The Labute approximate surface area is 159 Å².